The summed E-state index contributed by atoms with van der Waals surface area (Å²) in [6, 6.07) is 5.06. The number of hydrogen-bond acceptors (Lipinski definition) is 2. The van der Waals surface area contributed by atoms with Crippen molar-refractivity contribution in [3.05, 3.63) is 35.6 Å². The topological polar surface area (TPSA) is 50.4 Å². The molecule has 1 N–H and O–H groups in total. The first-order chi connectivity index (χ1) is 6.72. The van der Waals surface area contributed by atoms with Crippen LogP contribution in [0.4, 0.5) is 0 Å². The molecule has 1 heterocycles. The molecule has 0 bridgehead atoms. The third kappa shape index (κ3) is 1.27. The van der Waals surface area contributed by atoms with Gasteiger partial charge in [0, 0.05) is 5.39 Å². The highest BCUT2D eigenvalue weighted by Crippen LogP contribution is 2.22. The zero-order valence-electron chi connectivity index (χ0n) is 7.78. The van der Waals surface area contributed by atoms with Crippen LogP contribution in [0.3, 0.4) is 0 Å². The number of fused-ring (bicyclic) bond motifs is 1. The van der Waals surface area contributed by atoms with Gasteiger partial charge < -0.3 is 9.52 Å². The van der Waals surface area contributed by atoms with Gasteiger partial charge in [-0.25, -0.2) is 4.79 Å². The first kappa shape index (κ1) is 8.81. The fraction of sp³-hybridized carbons (Fsp3) is 0.182. The molecule has 0 saturated heterocycles. The van der Waals surface area contributed by atoms with Crippen LogP contribution in [0.2, 0.25) is 0 Å². The van der Waals surface area contributed by atoms with Gasteiger partial charge in [0.05, 0.1) is 11.8 Å². The van der Waals surface area contributed by atoms with Gasteiger partial charge >= 0.3 is 5.97 Å². The van der Waals surface area contributed by atoms with Crippen LogP contribution in [0, 0.1) is 0 Å². The zero-order chi connectivity index (χ0) is 10.1. The molecule has 0 fully saturated rings. The van der Waals surface area contributed by atoms with E-state index in [4.69, 9.17) is 9.52 Å². The first-order valence-corrected chi connectivity index (χ1v) is 4.45. The summed E-state index contributed by atoms with van der Waals surface area (Å²) < 4.78 is 5.28. The standard InChI is InChI=1S/C11H10O3/c1-2-7-5-9(11(12)13)6-8-3-4-14-10(7)8/h3-6H,2H2,1H3,(H,12,13). The molecule has 3 nitrogen and oxygen atoms in total. The Kier molecular flexibility index (Phi) is 2.00. The van der Waals surface area contributed by atoms with E-state index in [-0.39, 0.29) is 0 Å². The molecule has 0 aliphatic heterocycles. The van der Waals surface area contributed by atoms with Crippen molar-refractivity contribution in [3.63, 3.8) is 0 Å². The van der Waals surface area contributed by atoms with E-state index in [0.717, 1.165) is 23.0 Å². The lowest BCUT2D eigenvalue weighted by Gasteiger charge is -2.00. The van der Waals surface area contributed by atoms with Crippen LogP contribution >= 0.6 is 0 Å². The number of aryl methyl sites for hydroxylation is 1. The van der Waals surface area contributed by atoms with Crippen molar-refractivity contribution in [3.8, 4) is 0 Å². The molecule has 72 valence electrons. The molecule has 0 aliphatic carbocycles. The van der Waals surface area contributed by atoms with Crippen LogP contribution in [0.25, 0.3) is 11.0 Å². The molecule has 3 heteroatoms. The highest BCUT2D eigenvalue weighted by atomic mass is 16.4. The Hall–Kier alpha value is -1.77. The first-order valence-electron chi connectivity index (χ1n) is 4.45. The molecule has 1 aromatic carbocycles. The maximum Gasteiger partial charge on any atom is 0.335 e. The van der Waals surface area contributed by atoms with Gasteiger partial charge in [-0.15, -0.1) is 0 Å². The third-order valence-corrected chi connectivity index (χ3v) is 2.26. The zero-order valence-corrected chi connectivity index (χ0v) is 7.78. The molecule has 0 amide bonds. The summed E-state index contributed by atoms with van der Waals surface area (Å²) in [7, 11) is 0. The van der Waals surface area contributed by atoms with Crippen LogP contribution in [0.15, 0.2) is 28.9 Å². The molecule has 0 spiro atoms. The van der Waals surface area contributed by atoms with Gasteiger partial charge in [0.25, 0.3) is 0 Å². The summed E-state index contributed by atoms with van der Waals surface area (Å²) in [5.74, 6) is -0.900. The van der Waals surface area contributed by atoms with Crippen LogP contribution in [-0.2, 0) is 6.42 Å². The number of carbonyl (C=O) groups is 1. The normalized spacial score (nSPS) is 10.6. The molecule has 14 heavy (non-hydrogen) atoms. The van der Waals surface area contributed by atoms with Crippen LogP contribution in [-0.4, -0.2) is 11.1 Å². The molecular weight excluding hydrogens is 180 g/mol. The minimum atomic E-state index is -0.900. The summed E-state index contributed by atoms with van der Waals surface area (Å²) in [5.41, 5.74) is 2.04. The largest absolute Gasteiger partial charge is 0.478 e. The average Bonchev–Trinajstić information content (AvgIpc) is 2.63. The number of rotatable bonds is 2. The van der Waals surface area contributed by atoms with E-state index in [1.165, 1.54) is 0 Å². The molecule has 2 aromatic rings. The average molecular weight is 190 g/mol. The second kappa shape index (κ2) is 3.18. The second-order valence-electron chi connectivity index (χ2n) is 3.13. The SMILES string of the molecule is CCc1cc(C(=O)O)cc2ccoc12. The monoisotopic (exact) mass is 190 g/mol. The third-order valence-electron chi connectivity index (χ3n) is 2.26. The van der Waals surface area contributed by atoms with E-state index >= 15 is 0 Å². The van der Waals surface area contributed by atoms with Crippen molar-refractivity contribution in [1.29, 1.82) is 0 Å². The summed E-state index contributed by atoms with van der Waals surface area (Å²) in [6.45, 7) is 1.98. The molecule has 0 radical (unpaired) electrons. The van der Waals surface area contributed by atoms with Gasteiger partial charge in [-0.05, 0) is 30.2 Å². The number of benzene rings is 1. The van der Waals surface area contributed by atoms with E-state index in [1.807, 2.05) is 6.92 Å². The van der Waals surface area contributed by atoms with Crippen molar-refractivity contribution in [2.45, 2.75) is 13.3 Å². The lowest BCUT2D eigenvalue weighted by molar-refractivity contribution is 0.0697. The Morgan fingerprint density at radius 1 is 1.50 bits per heavy atom. The fourth-order valence-electron chi connectivity index (χ4n) is 1.54. The smallest absolute Gasteiger partial charge is 0.335 e. The van der Waals surface area contributed by atoms with Crippen molar-refractivity contribution in [2.24, 2.45) is 0 Å². The quantitative estimate of drug-likeness (QED) is 0.792. The number of hydrogen-bond donors (Lipinski definition) is 1. The number of carboxylic acid groups (broad SMARTS) is 1. The Morgan fingerprint density at radius 3 is 2.93 bits per heavy atom. The Balaban J connectivity index is 2.73. The molecule has 2 rings (SSSR count). The number of aromatic carboxylic acids is 1. The summed E-state index contributed by atoms with van der Waals surface area (Å²) in [4.78, 5) is 10.8. The maximum absolute atomic E-state index is 10.8. The number of furan rings is 1. The van der Waals surface area contributed by atoms with Crippen LogP contribution in [0.5, 0.6) is 0 Å². The maximum atomic E-state index is 10.8. The van der Waals surface area contributed by atoms with Crippen molar-refractivity contribution < 1.29 is 14.3 Å². The van der Waals surface area contributed by atoms with E-state index in [9.17, 15) is 4.79 Å². The Labute approximate surface area is 81.0 Å². The highest BCUT2D eigenvalue weighted by molar-refractivity contribution is 5.94. The predicted octanol–water partition coefficient (Wildman–Crippen LogP) is 2.69. The van der Waals surface area contributed by atoms with Crippen LogP contribution < -0.4 is 0 Å². The Morgan fingerprint density at radius 2 is 2.29 bits per heavy atom. The number of carboxylic acids is 1. The highest BCUT2D eigenvalue weighted by Gasteiger charge is 2.09. The molecule has 1 aromatic heterocycles. The van der Waals surface area contributed by atoms with Gasteiger partial charge in [-0.3, -0.25) is 0 Å². The second-order valence-corrected chi connectivity index (χ2v) is 3.13. The Bertz CT molecular complexity index is 482. The van der Waals surface area contributed by atoms with E-state index in [0.29, 0.717) is 5.56 Å². The van der Waals surface area contributed by atoms with Crippen molar-refractivity contribution in [1.82, 2.24) is 0 Å². The van der Waals surface area contributed by atoms with Gasteiger partial charge in [0.1, 0.15) is 5.58 Å². The molecule has 0 saturated carbocycles. The van der Waals surface area contributed by atoms with Gasteiger partial charge in [-0.2, -0.15) is 0 Å². The summed E-state index contributed by atoms with van der Waals surface area (Å²) in [6.07, 6.45) is 2.35. The van der Waals surface area contributed by atoms with Crippen LogP contribution in [0.1, 0.15) is 22.8 Å². The molecular formula is C11H10O3. The molecule has 0 unspecified atom stereocenters. The van der Waals surface area contributed by atoms with Gasteiger partial charge in [-0.1, -0.05) is 6.92 Å². The summed E-state index contributed by atoms with van der Waals surface area (Å²) >= 11 is 0. The molecule has 0 aliphatic rings. The van der Waals surface area contributed by atoms with Crippen molar-refractivity contribution in [2.75, 3.05) is 0 Å². The van der Waals surface area contributed by atoms with E-state index in [2.05, 4.69) is 0 Å². The minimum absolute atomic E-state index is 0.316. The minimum Gasteiger partial charge on any atom is -0.478 e. The lowest BCUT2D eigenvalue weighted by atomic mass is 10.1. The van der Waals surface area contributed by atoms with E-state index < -0.39 is 5.97 Å². The summed E-state index contributed by atoms with van der Waals surface area (Å²) in [5, 5.41) is 9.72. The van der Waals surface area contributed by atoms with Gasteiger partial charge in [0.15, 0.2) is 0 Å². The fourth-order valence-corrected chi connectivity index (χ4v) is 1.54. The van der Waals surface area contributed by atoms with E-state index in [1.54, 1.807) is 24.5 Å². The predicted molar refractivity (Wildman–Crippen MR) is 52.6 cm³/mol. The molecule has 0 atom stereocenters. The van der Waals surface area contributed by atoms with Gasteiger partial charge in [0.2, 0.25) is 0 Å². The lowest BCUT2D eigenvalue weighted by Crippen LogP contribution is -1.97. The van der Waals surface area contributed by atoms with Crippen molar-refractivity contribution >= 4 is 16.9 Å².